The highest BCUT2D eigenvalue weighted by Crippen LogP contribution is 2.27. The average molecular weight is 341 g/mol. The molecule has 2 aliphatic rings. The van der Waals surface area contributed by atoms with Crippen molar-refractivity contribution in [2.75, 3.05) is 26.2 Å². The molecule has 2 N–H and O–H groups in total. The van der Waals surface area contributed by atoms with E-state index >= 15 is 0 Å². The number of primary amides is 1. The van der Waals surface area contributed by atoms with Gasteiger partial charge in [-0.25, -0.2) is 4.79 Å². The quantitative estimate of drug-likeness (QED) is 0.913. The molecule has 2 aliphatic heterocycles. The second-order valence-electron chi connectivity index (χ2n) is 6.89. The Bertz CT molecular complexity index is 822. The molecule has 0 bridgehead atoms. The largest absolute Gasteiger partial charge is 0.350 e. The molecule has 132 valence electrons. The van der Waals surface area contributed by atoms with Crippen LogP contribution in [0.25, 0.3) is 10.9 Å². The van der Waals surface area contributed by atoms with Crippen LogP contribution in [0.2, 0.25) is 0 Å². The van der Waals surface area contributed by atoms with Crippen LogP contribution in [0.15, 0.2) is 18.3 Å². The van der Waals surface area contributed by atoms with E-state index in [1.54, 1.807) is 6.20 Å². The first kappa shape index (κ1) is 16.1. The minimum Gasteiger partial charge on any atom is -0.350 e. The van der Waals surface area contributed by atoms with Gasteiger partial charge in [0.05, 0.1) is 11.7 Å². The number of aryl methyl sites for hydroxylation is 1. The van der Waals surface area contributed by atoms with Crippen molar-refractivity contribution in [3.63, 3.8) is 0 Å². The maximum absolute atomic E-state index is 12.5. The first-order valence-corrected chi connectivity index (χ1v) is 8.92. The lowest BCUT2D eigenvalue weighted by Gasteiger charge is -2.24. The molecule has 2 amide bonds. The summed E-state index contributed by atoms with van der Waals surface area (Å²) < 4.78 is 1.22. The number of aromatic nitrogens is 2. The standard InChI is InChI=1S/C18H23N5O2/c19-18(25)23-16-5-3-13-4-6-17(24)22(10-9-21-7-1-2-8-21)12-15(13)14(16)11-20-23/h3,5,11H,1-2,4,6-10,12H2,(H2,19,25). The highest BCUT2D eigenvalue weighted by Gasteiger charge is 2.24. The summed E-state index contributed by atoms with van der Waals surface area (Å²) in [6.07, 6.45) is 5.45. The number of hydrogen-bond donors (Lipinski definition) is 1. The summed E-state index contributed by atoms with van der Waals surface area (Å²) in [6.45, 7) is 4.52. The number of rotatable bonds is 3. The van der Waals surface area contributed by atoms with Gasteiger partial charge in [0, 0.05) is 31.4 Å². The number of benzene rings is 1. The fourth-order valence-corrected chi connectivity index (χ4v) is 3.95. The Morgan fingerprint density at radius 1 is 1.16 bits per heavy atom. The number of nitrogens with two attached hydrogens (primary N) is 1. The molecule has 0 radical (unpaired) electrons. The van der Waals surface area contributed by atoms with Gasteiger partial charge in [-0.1, -0.05) is 6.07 Å². The minimum atomic E-state index is -0.592. The molecule has 1 aromatic heterocycles. The second kappa shape index (κ2) is 6.48. The van der Waals surface area contributed by atoms with E-state index in [1.807, 2.05) is 17.0 Å². The lowest BCUT2D eigenvalue weighted by atomic mass is 10.0. The highest BCUT2D eigenvalue weighted by molar-refractivity contribution is 5.92. The van der Waals surface area contributed by atoms with Crippen LogP contribution in [-0.4, -0.2) is 57.7 Å². The first-order valence-electron chi connectivity index (χ1n) is 8.92. The lowest BCUT2D eigenvalue weighted by Crippen LogP contribution is -2.36. The Hall–Kier alpha value is -2.41. The molecule has 1 aromatic carbocycles. The van der Waals surface area contributed by atoms with E-state index in [-0.39, 0.29) is 5.91 Å². The minimum absolute atomic E-state index is 0.200. The molecule has 1 saturated heterocycles. The number of fused-ring (bicyclic) bond motifs is 3. The maximum atomic E-state index is 12.5. The van der Waals surface area contributed by atoms with Crippen LogP contribution in [-0.2, 0) is 17.8 Å². The Kier molecular flexibility index (Phi) is 4.17. The fourth-order valence-electron chi connectivity index (χ4n) is 3.95. The van der Waals surface area contributed by atoms with Crippen LogP contribution in [0.1, 0.15) is 30.4 Å². The molecule has 2 aromatic rings. The molecule has 7 nitrogen and oxygen atoms in total. The summed E-state index contributed by atoms with van der Waals surface area (Å²) in [7, 11) is 0. The SMILES string of the molecule is NC(=O)n1ncc2c3c(ccc21)CCC(=O)N(CCN1CCCC1)C3. The smallest absolute Gasteiger partial charge is 0.340 e. The van der Waals surface area contributed by atoms with Crippen molar-refractivity contribution < 1.29 is 9.59 Å². The van der Waals surface area contributed by atoms with Crippen molar-refractivity contribution in [3.05, 3.63) is 29.5 Å². The summed E-state index contributed by atoms with van der Waals surface area (Å²) in [5.41, 5.74) is 8.35. The molecular formula is C18H23N5O2. The van der Waals surface area contributed by atoms with Crippen LogP contribution in [0.3, 0.4) is 0 Å². The Labute approximate surface area is 146 Å². The number of hydrogen-bond acceptors (Lipinski definition) is 4. The number of carbonyl (C=O) groups is 2. The Morgan fingerprint density at radius 3 is 2.72 bits per heavy atom. The van der Waals surface area contributed by atoms with E-state index in [4.69, 9.17) is 5.73 Å². The molecule has 4 rings (SSSR count). The molecular weight excluding hydrogens is 318 g/mol. The first-order chi connectivity index (χ1) is 12.1. The van der Waals surface area contributed by atoms with E-state index in [1.165, 1.54) is 17.5 Å². The molecule has 25 heavy (non-hydrogen) atoms. The van der Waals surface area contributed by atoms with E-state index in [9.17, 15) is 9.59 Å². The lowest BCUT2D eigenvalue weighted by molar-refractivity contribution is -0.131. The van der Waals surface area contributed by atoms with Crippen molar-refractivity contribution in [1.29, 1.82) is 0 Å². The summed E-state index contributed by atoms with van der Waals surface area (Å²) in [6, 6.07) is 3.28. The third-order valence-corrected chi connectivity index (χ3v) is 5.37. The Morgan fingerprint density at radius 2 is 1.96 bits per heavy atom. The third kappa shape index (κ3) is 3.00. The van der Waals surface area contributed by atoms with Crippen LogP contribution < -0.4 is 5.73 Å². The van der Waals surface area contributed by atoms with Crippen molar-refractivity contribution in [2.45, 2.75) is 32.2 Å². The predicted octanol–water partition coefficient (Wildman–Crippen LogP) is 1.33. The zero-order valence-corrected chi connectivity index (χ0v) is 14.3. The predicted molar refractivity (Wildman–Crippen MR) is 94.1 cm³/mol. The van der Waals surface area contributed by atoms with E-state index in [2.05, 4.69) is 10.00 Å². The molecule has 0 spiro atoms. The molecule has 7 heteroatoms. The van der Waals surface area contributed by atoms with Crippen molar-refractivity contribution in [1.82, 2.24) is 19.6 Å². The van der Waals surface area contributed by atoms with Gasteiger partial charge in [0.1, 0.15) is 0 Å². The third-order valence-electron chi connectivity index (χ3n) is 5.37. The van der Waals surface area contributed by atoms with Crippen LogP contribution in [0.4, 0.5) is 4.79 Å². The second-order valence-corrected chi connectivity index (χ2v) is 6.89. The van der Waals surface area contributed by atoms with Gasteiger partial charge in [-0.15, -0.1) is 0 Å². The Balaban J connectivity index is 1.63. The number of likely N-dealkylation sites (tertiary alicyclic amines) is 1. The summed E-state index contributed by atoms with van der Waals surface area (Å²) in [5, 5.41) is 5.03. The van der Waals surface area contributed by atoms with Crippen molar-refractivity contribution >= 4 is 22.8 Å². The normalized spacial score (nSPS) is 18.6. The van der Waals surface area contributed by atoms with E-state index < -0.39 is 6.03 Å². The van der Waals surface area contributed by atoms with Crippen LogP contribution >= 0.6 is 0 Å². The highest BCUT2D eigenvalue weighted by atomic mass is 16.2. The van der Waals surface area contributed by atoms with Gasteiger partial charge >= 0.3 is 6.03 Å². The van der Waals surface area contributed by atoms with Gasteiger partial charge < -0.3 is 15.5 Å². The zero-order chi connectivity index (χ0) is 17.4. The summed E-state index contributed by atoms with van der Waals surface area (Å²) in [4.78, 5) is 28.5. The van der Waals surface area contributed by atoms with Gasteiger partial charge in [0.2, 0.25) is 5.91 Å². The summed E-state index contributed by atoms with van der Waals surface area (Å²) >= 11 is 0. The number of carbonyl (C=O) groups excluding carboxylic acids is 2. The van der Waals surface area contributed by atoms with Gasteiger partial charge in [-0.3, -0.25) is 4.79 Å². The van der Waals surface area contributed by atoms with Crippen molar-refractivity contribution in [3.8, 4) is 0 Å². The average Bonchev–Trinajstić information content (AvgIpc) is 3.23. The number of amides is 2. The van der Waals surface area contributed by atoms with E-state index in [0.717, 1.165) is 49.1 Å². The fraction of sp³-hybridized carbons (Fsp3) is 0.500. The van der Waals surface area contributed by atoms with Gasteiger partial charge in [0.25, 0.3) is 0 Å². The maximum Gasteiger partial charge on any atom is 0.340 e. The topological polar surface area (TPSA) is 84.5 Å². The molecule has 3 heterocycles. The van der Waals surface area contributed by atoms with Crippen LogP contribution in [0.5, 0.6) is 0 Å². The monoisotopic (exact) mass is 341 g/mol. The molecule has 0 aliphatic carbocycles. The van der Waals surface area contributed by atoms with Gasteiger partial charge in [-0.2, -0.15) is 9.78 Å². The molecule has 1 fully saturated rings. The van der Waals surface area contributed by atoms with Crippen LogP contribution in [0, 0.1) is 0 Å². The molecule has 0 atom stereocenters. The number of nitrogens with zero attached hydrogens (tertiary/aromatic N) is 4. The molecule has 0 saturated carbocycles. The zero-order valence-electron chi connectivity index (χ0n) is 14.3. The van der Waals surface area contributed by atoms with E-state index in [0.29, 0.717) is 18.5 Å². The van der Waals surface area contributed by atoms with Gasteiger partial charge in [0.15, 0.2) is 0 Å². The summed E-state index contributed by atoms with van der Waals surface area (Å²) in [5.74, 6) is 0.200. The van der Waals surface area contributed by atoms with Crippen molar-refractivity contribution in [2.24, 2.45) is 5.73 Å². The van der Waals surface area contributed by atoms with Gasteiger partial charge in [-0.05, 0) is 49.5 Å². The molecule has 0 unspecified atom stereocenters.